The van der Waals surface area contributed by atoms with Crippen LogP contribution in [0.1, 0.15) is 62.6 Å². The molecule has 1 saturated heterocycles. The summed E-state index contributed by atoms with van der Waals surface area (Å²) in [5.74, 6) is 3.07. The van der Waals surface area contributed by atoms with E-state index in [0.717, 1.165) is 37.3 Å². The van der Waals surface area contributed by atoms with Gasteiger partial charge in [0, 0.05) is 18.6 Å². The fraction of sp³-hybridized carbons (Fsp3) is 0.875. The molecule has 1 aliphatic heterocycles. The van der Waals surface area contributed by atoms with Gasteiger partial charge in [-0.05, 0) is 51.0 Å². The Balaban J connectivity index is 1.48. The fourth-order valence-corrected chi connectivity index (χ4v) is 4.14. The SMILES string of the molecule is COCC1(C2CC2)CCCN1Cc1nc(C2CCC2)no1. The minimum absolute atomic E-state index is 0.222. The lowest BCUT2D eigenvalue weighted by molar-refractivity contribution is 0.0123. The summed E-state index contributed by atoms with van der Waals surface area (Å²) in [6.45, 7) is 2.75. The summed E-state index contributed by atoms with van der Waals surface area (Å²) in [4.78, 5) is 7.19. The van der Waals surface area contributed by atoms with Crippen LogP contribution >= 0.6 is 0 Å². The molecule has 0 spiro atoms. The normalized spacial score (nSPS) is 30.7. The molecule has 1 aromatic rings. The summed E-state index contributed by atoms with van der Waals surface area (Å²) in [7, 11) is 1.82. The molecule has 2 aliphatic carbocycles. The van der Waals surface area contributed by atoms with Gasteiger partial charge < -0.3 is 9.26 Å². The monoisotopic (exact) mass is 291 g/mol. The third-order valence-electron chi connectivity index (χ3n) is 5.68. The highest BCUT2D eigenvalue weighted by molar-refractivity contribution is 5.07. The number of hydrogen-bond donors (Lipinski definition) is 0. The third-order valence-corrected chi connectivity index (χ3v) is 5.68. The van der Waals surface area contributed by atoms with Crippen molar-refractivity contribution in [3.63, 3.8) is 0 Å². The Hall–Kier alpha value is -0.940. The zero-order valence-electron chi connectivity index (χ0n) is 12.9. The van der Waals surface area contributed by atoms with Gasteiger partial charge in [0.25, 0.3) is 0 Å². The van der Waals surface area contributed by atoms with Crippen LogP contribution in [0.5, 0.6) is 0 Å². The Kier molecular flexibility index (Phi) is 3.50. The van der Waals surface area contributed by atoms with Gasteiger partial charge >= 0.3 is 0 Å². The second-order valence-electron chi connectivity index (χ2n) is 7.01. The molecule has 0 amide bonds. The van der Waals surface area contributed by atoms with Gasteiger partial charge in [-0.2, -0.15) is 4.98 Å². The lowest BCUT2D eigenvalue weighted by atomic mass is 9.85. The molecule has 2 heterocycles. The number of ether oxygens (including phenoxy) is 1. The van der Waals surface area contributed by atoms with Crippen LogP contribution in [0.25, 0.3) is 0 Å². The molecule has 1 unspecified atom stereocenters. The van der Waals surface area contributed by atoms with Crippen molar-refractivity contribution in [2.24, 2.45) is 5.92 Å². The zero-order valence-corrected chi connectivity index (χ0v) is 12.9. The molecule has 3 fully saturated rings. The second kappa shape index (κ2) is 5.36. The lowest BCUT2D eigenvalue weighted by Crippen LogP contribution is -2.49. The molecule has 116 valence electrons. The molecular weight excluding hydrogens is 266 g/mol. The molecule has 0 bridgehead atoms. The van der Waals surface area contributed by atoms with Crippen molar-refractivity contribution in [1.82, 2.24) is 15.0 Å². The first-order valence-electron chi connectivity index (χ1n) is 8.38. The van der Waals surface area contributed by atoms with Gasteiger partial charge in [-0.3, -0.25) is 4.90 Å². The maximum atomic E-state index is 5.56. The molecule has 4 rings (SSSR count). The van der Waals surface area contributed by atoms with E-state index in [4.69, 9.17) is 9.26 Å². The van der Waals surface area contributed by atoms with Crippen LogP contribution in [0.15, 0.2) is 4.52 Å². The minimum atomic E-state index is 0.222. The molecule has 0 aromatic carbocycles. The van der Waals surface area contributed by atoms with E-state index >= 15 is 0 Å². The summed E-state index contributed by atoms with van der Waals surface area (Å²) in [5.41, 5.74) is 0.222. The van der Waals surface area contributed by atoms with Crippen LogP contribution in [-0.2, 0) is 11.3 Å². The largest absolute Gasteiger partial charge is 0.383 e. The molecule has 0 N–H and O–H groups in total. The van der Waals surface area contributed by atoms with Crippen LogP contribution in [0.3, 0.4) is 0 Å². The first kappa shape index (κ1) is 13.7. The predicted molar refractivity (Wildman–Crippen MR) is 77.9 cm³/mol. The molecule has 21 heavy (non-hydrogen) atoms. The number of likely N-dealkylation sites (tertiary alicyclic amines) is 1. The van der Waals surface area contributed by atoms with E-state index in [0.29, 0.717) is 5.92 Å². The minimum Gasteiger partial charge on any atom is -0.383 e. The van der Waals surface area contributed by atoms with Crippen molar-refractivity contribution < 1.29 is 9.26 Å². The van der Waals surface area contributed by atoms with E-state index in [-0.39, 0.29) is 5.54 Å². The van der Waals surface area contributed by atoms with Gasteiger partial charge in [0.2, 0.25) is 5.89 Å². The Bertz CT molecular complexity index is 495. The van der Waals surface area contributed by atoms with Crippen LogP contribution < -0.4 is 0 Å². The second-order valence-corrected chi connectivity index (χ2v) is 7.01. The van der Waals surface area contributed by atoms with E-state index in [2.05, 4.69) is 15.0 Å². The lowest BCUT2D eigenvalue weighted by Gasteiger charge is -2.37. The van der Waals surface area contributed by atoms with Gasteiger partial charge in [-0.1, -0.05) is 11.6 Å². The van der Waals surface area contributed by atoms with E-state index in [9.17, 15) is 0 Å². The van der Waals surface area contributed by atoms with Crippen LogP contribution in [0.2, 0.25) is 0 Å². The topological polar surface area (TPSA) is 51.4 Å². The molecular formula is C16H25N3O2. The van der Waals surface area contributed by atoms with Crippen molar-refractivity contribution in [2.75, 3.05) is 20.3 Å². The molecule has 0 radical (unpaired) electrons. The zero-order chi connectivity index (χ0) is 14.3. The summed E-state index contributed by atoms with van der Waals surface area (Å²) in [6, 6.07) is 0. The highest BCUT2D eigenvalue weighted by atomic mass is 16.5. The van der Waals surface area contributed by atoms with Gasteiger partial charge in [-0.25, -0.2) is 0 Å². The van der Waals surface area contributed by atoms with E-state index in [1.165, 1.54) is 44.9 Å². The molecule has 3 aliphatic rings. The average Bonchev–Trinajstić information content (AvgIpc) is 3.07. The van der Waals surface area contributed by atoms with Gasteiger partial charge in [-0.15, -0.1) is 0 Å². The van der Waals surface area contributed by atoms with Gasteiger partial charge in [0.1, 0.15) is 0 Å². The molecule has 5 nitrogen and oxygen atoms in total. The highest BCUT2D eigenvalue weighted by Crippen LogP contribution is 2.49. The van der Waals surface area contributed by atoms with Crippen molar-refractivity contribution in [2.45, 2.75) is 62.9 Å². The van der Waals surface area contributed by atoms with Crippen LogP contribution in [0, 0.1) is 5.92 Å². The van der Waals surface area contributed by atoms with E-state index in [1.54, 1.807) is 0 Å². The third kappa shape index (κ3) is 2.40. The summed E-state index contributed by atoms with van der Waals surface area (Å²) in [6.07, 6.45) is 8.93. The smallest absolute Gasteiger partial charge is 0.240 e. The predicted octanol–water partition coefficient (Wildman–Crippen LogP) is 2.73. The molecule has 5 heteroatoms. The van der Waals surface area contributed by atoms with Crippen molar-refractivity contribution in [3.05, 3.63) is 11.7 Å². The van der Waals surface area contributed by atoms with Crippen molar-refractivity contribution in [3.8, 4) is 0 Å². The van der Waals surface area contributed by atoms with E-state index < -0.39 is 0 Å². The Morgan fingerprint density at radius 2 is 2.14 bits per heavy atom. The first-order chi connectivity index (χ1) is 10.3. The molecule has 2 saturated carbocycles. The summed E-state index contributed by atoms with van der Waals surface area (Å²) < 4.78 is 11.1. The quantitative estimate of drug-likeness (QED) is 0.806. The fourth-order valence-electron chi connectivity index (χ4n) is 4.14. The number of hydrogen-bond acceptors (Lipinski definition) is 5. The average molecular weight is 291 g/mol. The molecule has 1 aromatic heterocycles. The number of methoxy groups -OCH3 is 1. The van der Waals surface area contributed by atoms with Crippen molar-refractivity contribution in [1.29, 1.82) is 0 Å². The van der Waals surface area contributed by atoms with Gasteiger partial charge in [0.15, 0.2) is 5.82 Å². The maximum Gasteiger partial charge on any atom is 0.240 e. The maximum absolute atomic E-state index is 5.56. The molecule has 1 atom stereocenters. The van der Waals surface area contributed by atoms with Crippen LogP contribution in [0.4, 0.5) is 0 Å². The summed E-state index contributed by atoms with van der Waals surface area (Å²) >= 11 is 0. The van der Waals surface area contributed by atoms with Crippen molar-refractivity contribution >= 4 is 0 Å². The number of aromatic nitrogens is 2. The number of rotatable bonds is 6. The highest BCUT2D eigenvalue weighted by Gasteiger charge is 2.51. The Morgan fingerprint density at radius 3 is 2.81 bits per heavy atom. The summed E-state index contributed by atoms with van der Waals surface area (Å²) in [5, 5.41) is 4.19. The number of nitrogens with zero attached hydrogens (tertiary/aromatic N) is 3. The standard InChI is InChI=1S/C16H25N3O2/c1-20-11-16(13-6-7-13)8-3-9-19(16)10-14-17-15(18-21-14)12-4-2-5-12/h12-13H,2-11H2,1H3. The first-order valence-corrected chi connectivity index (χ1v) is 8.38. The van der Waals surface area contributed by atoms with E-state index in [1.807, 2.05) is 7.11 Å². The Labute approximate surface area is 126 Å². The van der Waals surface area contributed by atoms with Gasteiger partial charge in [0.05, 0.1) is 13.2 Å². The Morgan fingerprint density at radius 1 is 1.29 bits per heavy atom. The van der Waals surface area contributed by atoms with Crippen LogP contribution in [-0.4, -0.2) is 40.8 Å².